The van der Waals surface area contributed by atoms with Gasteiger partial charge in [-0.25, -0.2) is 9.38 Å². The standard InChI is InChI=1S/C24H38FN5O2.HI/c1-5-30-12-6-7-20(30)14-26-24(27-15-23(31)29(3)4)28-17(2)19-10-11-22(21(25)13-19)32-16-18-8-9-18;/h10-11,13,17-18,20H,5-9,12,14-16H2,1-4H3,(H2,26,27,28);1H. The average molecular weight is 576 g/mol. The van der Waals surface area contributed by atoms with E-state index in [1.807, 2.05) is 13.0 Å². The predicted molar refractivity (Wildman–Crippen MR) is 141 cm³/mol. The molecule has 7 nitrogen and oxygen atoms in total. The third kappa shape index (κ3) is 8.59. The number of ether oxygens (including phenoxy) is 1. The van der Waals surface area contributed by atoms with Crippen molar-refractivity contribution in [1.82, 2.24) is 20.4 Å². The molecule has 1 amide bonds. The van der Waals surface area contributed by atoms with Crippen molar-refractivity contribution in [3.8, 4) is 5.75 Å². The highest BCUT2D eigenvalue weighted by atomic mass is 127. The fourth-order valence-corrected chi connectivity index (χ4v) is 3.88. The van der Waals surface area contributed by atoms with Gasteiger partial charge in [0.25, 0.3) is 0 Å². The summed E-state index contributed by atoms with van der Waals surface area (Å²) in [6.07, 6.45) is 4.68. The van der Waals surface area contributed by atoms with Crippen LogP contribution >= 0.6 is 24.0 Å². The molecule has 2 aliphatic rings. The molecule has 0 bridgehead atoms. The van der Waals surface area contributed by atoms with Gasteiger partial charge in [-0.05, 0) is 69.3 Å². The van der Waals surface area contributed by atoms with Gasteiger partial charge in [-0.3, -0.25) is 9.69 Å². The maximum atomic E-state index is 14.5. The topological polar surface area (TPSA) is 69.2 Å². The second-order valence-corrected chi connectivity index (χ2v) is 9.07. The molecule has 3 rings (SSSR count). The third-order valence-corrected chi connectivity index (χ3v) is 6.26. The Bertz CT molecular complexity index is 803. The highest BCUT2D eigenvalue weighted by molar-refractivity contribution is 14.0. The number of likely N-dealkylation sites (N-methyl/N-ethyl adjacent to an activating group) is 2. The number of likely N-dealkylation sites (tertiary alicyclic amines) is 1. The van der Waals surface area contributed by atoms with E-state index >= 15 is 0 Å². The minimum absolute atomic E-state index is 0. The van der Waals surface area contributed by atoms with Gasteiger partial charge in [0.1, 0.15) is 6.54 Å². The van der Waals surface area contributed by atoms with Crippen molar-refractivity contribution in [2.45, 2.75) is 51.6 Å². The number of amides is 1. The lowest BCUT2D eigenvalue weighted by atomic mass is 10.1. The number of benzene rings is 1. The Kier molecular flexibility index (Phi) is 11.1. The number of nitrogens with zero attached hydrogens (tertiary/aromatic N) is 3. The number of halogens is 2. The van der Waals surface area contributed by atoms with Crippen LogP contribution in [0.1, 0.15) is 51.1 Å². The summed E-state index contributed by atoms with van der Waals surface area (Å²) in [4.78, 5) is 20.5. The van der Waals surface area contributed by atoms with Gasteiger partial charge in [0.05, 0.1) is 12.6 Å². The molecule has 2 N–H and O–H groups in total. The first kappa shape index (κ1) is 27.6. The predicted octanol–water partition coefficient (Wildman–Crippen LogP) is 3.40. The van der Waals surface area contributed by atoms with Gasteiger partial charge in [0.2, 0.25) is 5.91 Å². The van der Waals surface area contributed by atoms with E-state index in [0.29, 0.717) is 30.3 Å². The summed E-state index contributed by atoms with van der Waals surface area (Å²) >= 11 is 0. The second-order valence-electron chi connectivity index (χ2n) is 9.07. The number of hydrogen-bond acceptors (Lipinski definition) is 4. The van der Waals surface area contributed by atoms with Gasteiger partial charge in [-0.15, -0.1) is 24.0 Å². The minimum atomic E-state index is -0.351. The lowest BCUT2D eigenvalue weighted by Crippen LogP contribution is -2.46. The van der Waals surface area contributed by atoms with Crippen molar-refractivity contribution < 1.29 is 13.9 Å². The third-order valence-electron chi connectivity index (χ3n) is 6.26. The van der Waals surface area contributed by atoms with Crippen molar-refractivity contribution in [1.29, 1.82) is 0 Å². The molecule has 2 unspecified atom stereocenters. The molecule has 1 saturated carbocycles. The highest BCUT2D eigenvalue weighted by Crippen LogP contribution is 2.30. The fraction of sp³-hybridized carbons (Fsp3) is 0.667. The molecule has 33 heavy (non-hydrogen) atoms. The van der Waals surface area contributed by atoms with Gasteiger partial charge in [0, 0.05) is 26.7 Å². The zero-order valence-electron chi connectivity index (χ0n) is 20.3. The first-order chi connectivity index (χ1) is 15.4. The molecular formula is C24H39FIN5O2. The maximum Gasteiger partial charge on any atom is 0.243 e. The van der Waals surface area contributed by atoms with Crippen molar-refractivity contribution >= 4 is 35.8 Å². The Morgan fingerprint density at radius 1 is 1.33 bits per heavy atom. The van der Waals surface area contributed by atoms with Crippen molar-refractivity contribution in [3.63, 3.8) is 0 Å². The number of guanidine groups is 1. The van der Waals surface area contributed by atoms with Crippen molar-refractivity contribution in [2.75, 3.05) is 46.9 Å². The minimum Gasteiger partial charge on any atom is -0.490 e. The molecule has 0 aromatic heterocycles. The van der Waals surface area contributed by atoms with E-state index in [9.17, 15) is 9.18 Å². The van der Waals surface area contributed by atoms with Crippen LogP contribution in [0, 0.1) is 11.7 Å². The van der Waals surface area contributed by atoms with Crippen LogP contribution in [-0.2, 0) is 4.79 Å². The summed E-state index contributed by atoms with van der Waals surface area (Å²) in [6.45, 7) is 7.67. The Hall–Kier alpha value is -1.62. The molecule has 9 heteroatoms. The molecule has 1 aliphatic heterocycles. The largest absolute Gasteiger partial charge is 0.490 e. The van der Waals surface area contributed by atoms with Crippen LogP contribution in [0.25, 0.3) is 0 Å². The van der Waals surface area contributed by atoms with Gasteiger partial charge in [0.15, 0.2) is 17.5 Å². The summed E-state index contributed by atoms with van der Waals surface area (Å²) in [6, 6.07) is 5.35. The fourth-order valence-electron chi connectivity index (χ4n) is 3.88. The molecule has 1 aromatic carbocycles. The van der Waals surface area contributed by atoms with E-state index < -0.39 is 0 Å². The molecule has 2 atom stereocenters. The van der Waals surface area contributed by atoms with Crippen molar-refractivity contribution in [2.24, 2.45) is 10.9 Å². The molecule has 1 aromatic rings. The number of aliphatic imine (C=N–C) groups is 1. The summed E-state index contributed by atoms with van der Waals surface area (Å²) in [5, 5.41) is 6.73. The number of nitrogens with one attached hydrogen (secondary N) is 2. The van der Waals surface area contributed by atoms with Crippen LogP contribution in [0.4, 0.5) is 4.39 Å². The van der Waals surface area contributed by atoms with Crippen LogP contribution in [0.2, 0.25) is 0 Å². The van der Waals surface area contributed by atoms with Gasteiger partial charge >= 0.3 is 0 Å². The smallest absolute Gasteiger partial charge is 0.243 e. The van der Waals surface area contributed by atoms with Crippen LogP contribution in [0.3, 0.4) is 0 Å². The lowest BCUT2D eigenvalue weighted by Gasteiger charge is -2.25. The SMILES string of the molecule is CCN1CCCC1CNC(=NCC(=O)N(C)C)NC(C)c1ccc(OCC2CC2)c(F)c1.I. The lowest BCUT2D eigenvalue weighted by molar-refractivity contribution is -0.127. The van der Waals surface area contributed by atoms with Gasteiger partial charge in [-0.2, -0.15) is 0 Å². The molecule has 0 radical (unpaired) electrons. The first-order valence-electron chi connectivity index (χ1n) is 11.8. The molecule has 1 saturated heterocycles. The molecule has 1 aliphatic carbocycles. The van der Waals surface area contributed by atoms with Crippen LogP contribution in [-0.4, -0.2) is 74.6 Å². The van der Waals surface area contributed by atoms with E-state index in [2.05, 4.69) is 27.4 Å². The Balaban J connectivity index is 0.00000385. The van der Waals surface area contributed by atoms with E-state index in [1.54, 1.807) is 20.2 Å². The Morgan fingerprint density at radius 2 is 2.09 bits per heavy atom. The highest BCUT2D eigenvalue weighted by Gasteiger charge is 2.24. The number of hydrogen-bond donors (Lipinski definition) is 2. The van der Waals surface area contributed by atoms with Crippen LogP contribution in [0.5, 0.6) is 5.75 Å². The Labute approximate surface area is 214 Å². The zero-order valence-corrected chi connectivity index (χ0v) is 22.6. The zero-order chi connectivity index (χ0) is 23.1. The number of carbonyl (C=O) groups is 1. The quantitative estimate of drug-likeness (QED) is 0.255. The summed E-state index contributed by atoms with van der Waals surface area (Å²) in [5.41, 5.74) is 0.797. The molecule has 1 heterocycles. The summed E-state index contributed by atoms with van der Waals surface area (Å²) < 4.78 is 20.1. The van der Waals surface area contributed by atoms with Crippen LogP contribution in [0.15, 0.2) is 23.2 Å². The van der Waals surface area contributed by atoms with Gasteiger partial charge < -0.3 is 20.3 Å². The van der Waals surface area contributed by atoms with E-state index in [1.165, 1.54) is 30.2 Å². The first-order valence-corrected chi connectivity index (χ1v) is 11.8. The molecule has 2 fully saturated rings. The van der Waals surface area contributed by atoms with E-state index in [-0.39, 0.29) is 48.3 Å². The summed E-state index contributed by atoms with van der Waals surface area (Å²) in [5.74, 6) is 1.02. The van der Waals surface area contributed by atoms with Gasteiger partial charge in [-0.1, -0.05) is 13.0 Å². The number of rotatable bonds is 10. The van der Waals surface area contributed by atoms with Crippen LogP contribution < -0.4 is 15.4 Å². The van der Waals surface area contributed by atoms with Crippen molar-refractivity contribution in [3.05, 3.63) is 29.6 Å². The average Bonchev–Trinajstić information content (AvgIpc) is 3.49. The molecular weight excluding hydrogens is 536 g/mol. The summed E-state index contributed by atoms with van der Waals surface area (Å²) in [7, 11) is 3.43. The molecule has 0 spiro atoms. The number of carbonyl (C=O) groups excluding carboxylic acids is 1. The second kappa shape index (κ2) is 13.3. The molecule has 186 valence electrons. The maximum absolute atomic E-state index is 14.5. The Morgan fingerprint density at radius 3 is 2.73 bits per heavy atom. The van der Waals surface area contributed by atoms with E-state index in [4.69, 9.17) is 4.74 Å². The normalized spacial score (nSPS) is 19.5. The van der Waals surface area contributed by atoms with E-state index in [0.717, 1.165) is 31.6 Å². The monoisotopic (exact) mass is 575 g/mol.